The number of anilines is 2. The van der Waals surface area contributed by atoms with Crippen LogP contribution < -0.4 is 5.32 Å². The molecular formula is C14H10BrN3O. The van der Waals surface area contributed by atoms with Gasteiger partial charge in [0.15, 0.2) is 0 Å². The molecule has 0 bridgehead atoms. The lowest BCUT2D eigenvalue weighted by Crippen LogP contribution is -1.94. The van der Waals surface area contributed by atoms with E-state index in [2.05, 4.69) is 31.2 Å². The highest BCUT2D eigenvalue weighted by atomic mass is 79.9. The number of rotatable bonds is 2. The second-order valence-corrected chi connectivity index (χ2v) is 4.97. The van der Waals surface area contributed by atoms with Crippen LogP contribution in [0.5, 0.6) is 5.75 Å². The molecule has 3 rings (SSSR count). The zero-order valence-electron chi connectivity index (χ0n) is 9.84. The number of hydrogen-bond donors (Lipinski definition) is 2. The van der Waals surface area contributed by atoms with Crippen LogP contribution in [0.2, 0.25) is 0 Å². The molecule has 0 aliphatic rings. The Labute approximate surface area is 118 Å². The van der Waals surface area contributed by atoms with Crippen LogP contribution in [0.15, 0.2) is 53.3 Å². The summed E-state index contributed by atoms with van der Waals surface area (Å²) in [5.41, 5.74) is 3.38. The number of hydrogen-bond acceptors (Lipinski definition) is 4. The molecule has 0 radical (unpaired) electrons. The van der Waals surface area contributed by atoms with Gasteiger partial charge >= 0.3 is 0 Å². The maximum Gasteiger partial charge on any atom is 0.115 e. The number of pyridine rings is 2. The maximum atomic E-state index is 9.27. The summed E-state index contributed by atoms with van der Waals surface area (Å²) in [6.07, 6.45) is 3.48. The van der Waals surface area contributed by atoms with Crippen LogP contribution in [0.3, 0.4) is 0 Å². The lowest BCUT2D eigenvalue weighted by molar-refractivity contribution is 0.475. The molecule has 2 aromatic heterocycles. The number of nitrogens with zero attached hydrogens (tertiary/aromatic N) is 2. The van der Waals surface area contributed by atoms with E-state index in [1.807, 2.05) is 12.1 Å². The molecule has 0 spiro atoms. The molecule has 0 unspecified atom stereocenters. The van der Waals surface area contributed by atoms with Gasteiger partial charge in [0, 0.05) is 22.6 Å². The first-order valence-electron chi connectivity index (χ1n) is 5.69. The van der Waals surface area contributed by atoms with Gasteiger partial charge in [-0.3, -0.25) is 9.97 Å². The first kappa shape index (κ1) is 11.9. The van der Waals surface area contributed by atoms with Gasteiger partial charge in [0.1, 0.15) is 11.3 Å². The quantitative estimate of drug-likeness (QED) is 0.705. The molecule has 0 amide bonds. The van der Waals surface area contributed by atoms with Crippen LogP contribution in [0.4, 0.5) is 11.4 Å². The topological polar surface area (TPSA) is 58.0 Å². The van der Waals surface area contributed by atoms with Gasteiger partial charge in [0.05, 0.1) is 11.2 Å². The molecule has 3 aromatic rings. The molecule has 0 saturated heterocycles. The van der Waals surface area contributed by atoms with Crippen molar-refractivity contribution in [3.05, 3.63) is 53.3 Å². The molecule has 4 nitrogen and oxygen atoms in total. The van der Waals surface area contributed by atoms with Crippen LogP contribution >= 0.6 is 15.9 Å². The van der Waals surface area contributed by atoms with E-state index < -0.39 is 0 Å². The number of aromatic nitrogens is 2. The van der Waals surface area contributed by atoms with E-state index in [1.165, 1.54) is 0 Å². The van der Waals surface area contributed by atoms with Gasteiger partial charge in [-0.25, -0.2) is 0 Å². The van der Waals surface area contributed by atoms with Crippen LogP contribution in [0.1, 0.15) is 0 Å². The second kappa shape index (κ2) is 4.85. The molecule has 0 aliphatic carbocycles. The highest BCUT2D eigenvalue weighted by Gasteiger charge is 2.04. The Bertz CT molecular complexity index is 728. The Morgan fingerprint density at radius 1 is 1.05 bits per heavy atom. The SMILES string of the molecule is Oc1ccc(Nc2ccnc3cc(Br)cnc23)cc1. The standard InChI is InChI=1S/C14H10BrN3O/c15-9-7-13-14(17-8-9)12(5-6-16-13)18-10-1-3-11(19)4-2-10/h1-8,19H,(H,16,18). The van der Waals surface area contributed by atoms with Gasteiger partial charge in [-0.1, -0.05) is 0 Å². The maximum absolute atomic E-state index is 9.27. The molecule has 94 valence electrons. The molecular weight excluding hydrogens is 306 g/mol. The van der Waals surface area contributed by atoms with E-state index in [0.29, 0.717) is 0 Å². The van der Waals surface area contributed by atoms with Gasteiger partial charge in [0.2, 0.25) is 0 Å². The third-order valence-electron chi connectivity index (χ3n) is 2.69. The second-order valence-electron chi connectivity index (χ2n) is 4.05. The monoisotopic (exact) mass is 315 g/mol. The fourth-order valence-electron chi connectivity index (χ4n) is 1.81. The largest absolute Gasteiger partial charge is 0.508 e. The van der Waals surface area contributed by atoms with E-state index in [0.717, 1.165) is 26.9 Å². The first-order valence-corrected chi connectivity index (χ1v) is 6.48. The van der Waals surface area contributed by atoms with Crippen LogP contribution in [0, 0.1) is 0 Å². The Morgan fingerprint density at radius 3 is 2.63 bits per heavy atom. The van der Waals surface area contributed by atoms with Crippen molar-refractivity contribution in [3.63, 3.8) is 0 Å². The van der Waals surface area contributed by atoms with Crippen molar-refractivity contribution in [3.8, 4) is 5.75 Å². The van der Waals surface area contributed by atoms with Gasteiger partial charge in [0.25, 0.3) is 0 Å². The summed E-state index contributed by atoms with van der Waals surface area (Å²) in [6.45, 7) is 0. The average Bonchev–Trinajstić information content (AvgIpc) is 2.41. The Morgan fingerprint density at radius 2 is 1.84 bits per heavy atom. The van der Waals surface area contributed by atoms with Crippen molar-refractivity contribution in [1.29, 1.82) is 0 Å². The molecule has 1 aromatic carbocycles. The highest BCUT2D eigenvalue weighted by Crippen LogP contribution is 2.25. The predicted molar refractivity (Wildman–Crippen MR) is 78.6 cm³/mol. The minimum Gasteiger partial charge on any atom is -0.508 e. The summed E-state index contributed by atoms with van der Waals surface area (Å²) in [5.74, 6) is 0.243. The molecule has 2 N–H and O–H groups in total. The number of halogens is 1. The third-order valence-corrected chi connectivity index (χ3v) is 3.12. The van der Waals surface area contributed by atoms with Gasteiger partial charge in [-0.05, 0) is 52.3 Å². The van der Waals surface area contributed by atoms with Crippen molar-refractivity contribution < 1.29 is 5.11 Å². The van der Waals surface area contributed by atoms with E-state index in [9.17, 15) is 5.11 Å². The summed E-state index contributed by atoms with van der Waals surface area (Å²) in [7, 11) is 0. The minimum atomic E-state index is 0.243. The fourth-order valence-corrected chi connectivity index (χ4v) is 2.13. The third kappa shape index (κ3) is 2.51. The number of phenolic OH excluding ortho intramolecular Hbond substituents is 1. The molecule has 0 saturated carbocycles. The summed E-state index contributed by atoms with van der Waals surface area (Å²) in [5, 5.41) is 12.5. The van der Waals surface area contributed by atoms with Crippen molar-refractivity contribution in [2.24, 2.45) is 0 Å². The molecule has 5 heteroatoms. The van der Waals surface area contributed by atoms with E-state index in [4.69, 9.17) is 0 Å². The van der Waals surface area contributed by atoms with E-state index in [1.54, 1.807) is 36.7 Å². The highest BCUT2D eigenvalue weighted by molar-refractivity contribution is 9.10. The minimum absolute atomic E-state index is 0.243. The van der Waals surface area contributed by atoms with E-state index in [-0.39, 0.29) is 5.75 Å². The van der Waals surface area contributed by atoms with Crippen molar-refractivity contribution >= 4 is 38.3 Å². The van der Waals surface area contributed by atoms with Crippen molar-refractivity contribution in [2.75, 3.05) is 5.32 Å². The van der Waals surface area contributed by atoms with Crippen molar-refractivity contribution in [2.45, 2.75) is 0 Å². The predicted octanol–water partition coefficient (Wildman–Crippen LogP) is 3.84. The fraction of sp³-hybridized carbons (Fsp3) is 0. The Kier molecular flexibility index (Phi) is 3.05. The lowest BCUT2D eigenvalue weighted by Gasteiger charge is -2.08. The Hall–Kier alpha value is -2.14. The summed E-state index contributed by atoms with van der Waals surface area (Å²) in [4.78, 5) is 8.66. The number of phenols is 1. The first-order chi connectivity index (χ1) is 9.22. The molecule has 19 heavy (non-hydrogen) atoms. The normalized spacial score (nSPS) is 10.6. The summed E-state index contributed by atoms with van der Waals surface area (Å²) < 4.78 is 0.897. The molecule has 0 fully saturated rings. The lowest BCUT2D eigenvalue weighted by atomic mass is 10.2. The summed E-state index contributed by atoms with van der Waals surface area (Å²) >= 11 is 3.38. The number of fused-ring (bicyclic) bond motifs is 1. The smallest absolute Gasteiger partial charge is 0.115 e. The number of benzene rings is 1. The van der Waals surface area contributed by atoms with Crippen LogP contribution in [-0.4, -0.2) is 15.1 Å². The Balaban J connectivity index is 2.03. The van der Waals surface area contributed by atoms with Gasteiger partial charge < -0.3 is 10.4 Å². The van der Waals surface area contributed by atoms with Gasteiger partial charge in [-0.15, -0.1) is 0 Å². The van der Waals surface area contributed by atoms with Crippen LogP contribution in [-0.2, 0) is 0 Å². The molecule has 0 atom stereocenters. The van der Waals surface area contributed by atoms with E-state index >= 15 is 0 Å². The zero-order chi connectivity index (χ0) is 13.2. The molecule has 0 aliphatic heterocycles. The average molecular weight is 316 g/mol. The zero-order valence-corrected chi connectivity index (χ0v) is 11.4. The van der Waals surface area contributed by atoms with Gasteiger partial charge in [-0.2, -0.15) is 0 Å². The van der Waals surface area contributed by atoms with Crippen molar-refractivity contribution in [1.82, 2.24) is 9.97 Å². The van der Waals surface area contributed by atoms with Crippen LogP contribution in [0.25, 0.3) is 11.0 Å². The number of aromatic hydroxyl groups is 1. The number of nitrogens with one attached hydrogen (secondary N) is 1. The molecule has 2 heterocycles. The summed E-state index contributed by atoms with van der Waals surface area (Å²) in [6, 6.07) is 10.7.